The minimum absolute atomic E-state index is 0.229. The van der Waals surface area contributed by atoms with Crippen LogP contribution in [0.4, 0.5) is 0 Å². The predicted molar refractivity (Wildman–Crippen MR) is 52.3 cm³/mol. The van der Waals surface area contributed by atoms with Crippen LogP contribution in [-0.4, -0.2) is 12.2 Å². The van der Waals surface area contributed by atoms with Gasteiger partial charge in [0.2, 0.25) is 0 Å². The van der Waals surface area contributed by atoms with E-state index >= 15 is 0 Å². The van der Waals surface area contributed by atoms with E-state index in [0.717, 1.165) is 12.5 Å². The van der Waals surface area contributed by atoms with Gasteiger partial charge in [-0.05, 0) is 31.6 Å². The van der Waals surface area contributed by atoms with Crippen LogP contribution in [-0.2, 0) is 4.74 Å². The average molecular weight is 170 g/mol. The molecule has 0 saturated carbocycles. The van der Waals surface area contributed by atoms with E-state index in [1.807, 2.05) is 0 Å². The third kappa shape index (κ3) is 1.66. The van der Waals surface area contributed by atoms with E-state index in [1.54, 1.807) is 0 Å². The maximum Gasteiger partial charge on any atom is 0.0705 e. The van der Waals surface area contributed by atoms with Crippen molar-refractivity contribution in [2.45, 2.75) is 58.5 Å². The van der Waals surface area contributed by atoms with E-state index in [1.165, 1.54) is 32.1 Å². The Bertz CT molecular complexity index is 127. The normalized spacial score (nSPS) is 28.8. The average Bonchev–Trinajstić information content (AvgIpc) is 2.17. The molecule has 0 aliphatic carbocycles. The Hall–Kier alpha value is -0.0400. The molecule has 1 saturated heterocycles. The molecule has 1 aliphatic heterocycles. The van der Waals surface area contributed by atoms with Gasteiger partial charge in [0.15, 0.2) is 0 Å². The van der Waals surface area contributed by atoms with Crippen LogP contribution in [0.5, 0.6) is 0 Å². The minimum atomic E-state index is 0.229. The molecular formula is C11H22O. The second-order valence-electron chi connectivity index (χ2n) is 3.87. The third-order valence-corrected chi connectivity index (χ3v) is 3.52. The third-order valence-electron chi connectivity index (χ3n) is 3.52. The van der Waals surface area contributed by atoms with Crippen molar-refractivity contribution < 1.29 is 4.74 Å². The van der Waals surface area contributed by atoms with Crippen molar-refractivity contribution in [1.82, 2.24) is 0 Å². The molecule has 1 nitrogen and oxygen atoms in total. The van der Waals surface area contributed by atoms with Crippen LogP contribution in [0.1, 0.15) is 52.9 Å². The van der Waals surface area contributed by atoms with E-state index in [-0.39, 0.29) is 5.60 Å². The molecular weight excluding hydrogens is 148 g/mol. The fraction of sp³-hybridized carbons (Fsp3) is 1.00. The molecule has 1 heterocycles. The van der Waals surface area contributed by atoms with E-state index in [4.69, 9.17) is 4.74 Å². The SMILES string of the molecule is CCC1CCCOC1(CC)CC. The number of ether oxygens (including phenoxy) is 1. The van der Waals surface area contributed by atoms with Gasteiger partial charge in [-0.2, -0.15) is 0 Å². The molecule has 0 N–H and O–H groups in total. The molecule has 0 spiro atoms. The van der Waals surface area contributed by atoms with Gasteiger partial charge >= 0.3 is 0 Å². The Balaban J connectivity index is 2.66. The van der Waals surface area contributed by atoms with Gasteiger partial charge in [-0.25, -0.2) is 0 Å². The zero-order valence-corrected chi connectivity index (χ0v) is 8.73. The molecule has 0 aromatic rings. The van der Waals surface area contributed by atoms with Gasteiger partial charge in [0.05, 0.1) is 5.60 Å². The van der Waals surface area contributed by atoms with Crippen molar-refractivity contribution in [3.63, 3.8) is 0 Å². The van der Waals surface area contributed by atoms with Crippen LogP contribution in [0, 0.1) is 5.92 Å². The monoisotopic (exact) mass is 170 g/mol. The fourth-order valence-electron chi connectivity index (χ4n) is 2.59. The maximum absolute atomic E-state index is 5.97. The van der Waals surface area contributed by atoms with Crippen LogP contribution >= 0.6 is 0 Å². The first-order valence-electron chi connectivity index (χ1n) is 5.43. The van der Waals surface area contributed by atoms with Crippen LogP contribution in [0.15, 0.2) is 0 Å². The molecule has 1 atom stereocenters. The molecule has 1 heteroatoms. The molecule has 1 unspecified atom stereocenters. The second kappa shape index (κ2) is 4.27. The Morgan fingerprint density at radius 3 is 2.33 bits per heavy atom. The molecule has 0 aromatic carbocycles. The number of rotatable bonds is 3. The predicted octanol–water partition coefficient (Wildman–Crippen LogP) is 3.38. The Morgan fingerprint density at radius 2 is 1.92 bits per heavy atom. The van der Waals surface area contributed by atoms with Gasteiger partial charge in [-0.3, -0.25) is 0 Å². The highest BCUT2D eigenvalue weighted by Gasteiger charge is 2.37. The molecule has 12 heavy (non-hydrogen) atoms. The van der Waals surface area contributed by atoms with E-state index in [0.29, 0.717) is 0 Å². The zero-order chi connectivity index (χ0) is 9.03. The Morgan fingerprint density at radius 1 is 1.25 bits per heavy atom. The lowest BCUT2D eigenvalue weighted by Gasteiger charge is -2.43. The van der Waals surface area contributed by atoms with Crippen molar-refractivity contribution in [1.29, 1.82) is 0 Å². The zero-order valence-electron chi connectivity index (χ0n) is 8.73. The first-order valence-corrected chi connectivity index (χ1v) is 5.43. The summed E-state index contributed by atoms with van der Waals surface area (Å²) >= 11 is 0. The summed E-state index contributed by atoms with van der Waals surface area (Å²) in [4.78, 5) is 0. The van der Waals surface area contributed by atoms with E-state index in [9.17, 15) is 0 Å². The quantitative estimate of drug-likeness (QED) is 0.631. The summed E-state index contributed by atoms with van der Waals surface area (Å²) in [6.07, 6.45) is 6.28. The topological polar surface area (TPSA) is 9.23 Å². The molecule has 0 aromatic heterocycles. The molecule has 0 bridgehead atoms. The smallest absolute Gasteiger partial charge is 0.0705 e. The summed E-state index contributed by atoms with van der Waals surface area (Å²) in [7, 11) is 0. The van der Waals surface area contributed by atoms with Crippen molar-refractivity contribution in [2.75, 3.05) is 6.61 Å². The lowest BCUT2D eigenvalue weighted by atomic mass is 9.77. The van der Waals surface area contributed by atoms with Crippen molar-refractivity contribution in [2.24, 2.45) is 5.92 Å². The molecule has 72 valence electrons. The number of hydrogen-bond donors (Lipinski definition) is 0. The second-order valence-corrected chi connectivity index (χ2v) is 3.87. The summed E-state index contributed by atoms with van der Waals surface area (Å²) < 4.78 is 5.97. The van der Waals surface area contributed by atoms with Crippen molar-refractivity contribution in [3.05, 3.63) is 0 Å². The molecule has 1 fully saturated rings. The van der Waals surface area contributed by atoms with Gasteiger partial charge in [0, 0.05) is 6.61 Å². The molecule has 1 rings (SSSR count). The van der Waals surface area contributed by atoms with Gasteiger partial charge in [-0.15, -0.1) is 0 Å². The summed E-state index contributed by atoms with van der Waals surface area (Å²) in [5.74, 6) is 0.807. The van der Waals surface area contributed by atoms with Crippen LogP contribution in [0.2, 0.25) is 0 Å². The first-order chi connectivity index (χ1) is 5.79. The summed E-state index contributed by atoms with van der Waals surface area (Å²) in [6.45, 7) is 7.80. The van der Waals surface area contributed by atoms with E-state index in [2.05, 4.69) is 20.8 Å². The largest absolute Gasteiger partial charge is 0.375 e. The minimum Gasteiger partial charge on any atom is -0.375 e. The summed E-state index contributed by atoms with van der Waals surface area (Å²) in [6, 6.07) is 0. The van der Waals surface area contributed by atoms with Gasteiger partial charge in [0.1, 0.15) is 0 Å². The summed E-state index contributed by atoms with van der Waals surface area (Å²) in [5, 5.41) is 0. The lowest BCUT2D eigenvalue weighted by Crippen LogP contribution is -2.43. The highest BCUT2D eigenvalue weighted by molar-refractivity contribution is 4.88. The van der Waals surface area contributed by atoms with Crippen molar-refractivity contribution in [3.8, 4) is 0 Å². The molecule has 1 aliphatic rings. The molecule has 0 radical (unpaired) electrons. The summed E-state index contributed by atoms with van der Waals surface area (Å²) in [5.41, 5.74) is 0.229. The standard InChI is InChI=1S/C11H22O/c1-4-10-8-7-9-12-11(10,5-2)6-3/h10H,4-9H2,1-3H3. The lowest BCUT2D eigenvalue weighted by molar-refractivity contribution is -0.124. The van der Waals surface area contributed by atoms with Crippen LogP contribution < -0.4 is 0 Å². The maximum atomic E-state index is 5.97. The van der Waals surface area contributed by atoms with Gasteiger partial charge in [-0.1, -0.05) is 27.2 Å². The highest BCUT2D eigenvalue weighted by atomic mass is 16.5. The first kappa shape index (κ1) is 10.0. The van der Waals surface area contributed by atoms with E-state index < -0.39 is 0 Å². The van der Waals surface area contributed by atoms with Crippen molar-refractivity contribution >= 4 is 0 Å². The van der Waals surface area contributed by atoms with Crippen LogP contribution in [0.25, 0.3) is 0 Å². The van der Waals surface area contributed by atoms with Gasteiger partial charge in [0.25, 0.3) is 0 Å². The Kier molecular flexibility index (Phi) is 3.57. The molecule has 0 amide bonds. The van der Waals surface area contributed by atoms with Crippen LogP contribution in [0.3, 0.4) is 0 Å². The number of hydrogen-bond acceptors (Lipinski definition) is 1. The fourth-order valence-corrected chi connectivity index (χ4v) is 2.59. The highest BCUT2D eigenvalue weighted by Crippen LogP contribution is 2.38. The Labute approximate surface area is 76.5 Å². The van der Waals surface area contributed by atoms with Gasteiger partial charge < -0.3 is 4.74 Å².